The number of aliphatic hydroxyl groups is 1. The van der Waals surface area contributed by atoms with Gasteiger partial charge in [0.2, 0.25) is 5.91 Å². The van der Waals surface area contributed by atoms with Gasteiger partial charge >= 0.3 is 0 Å². The SMILES string of the molecule is Nc1cccc2c1ncn2C(=O)C1CCC(O)CC1. The minimum Gasteiger partial charge on any atom is -0.397 e. The maximum Gasteiger partial charge on any atom is 0.235 e. The van der Waals surface area contributed by atoms with Crippen LogP contribution in [0.25, 0.3) is 11.0 Å². The van der Waals surface area contributed by atoms with Crippen LogP contribution in [0.1, 0.15) is 30.5 Å². The molecule has 0 unspecified atom stereocenters. The quantitative estimate of drug-likeness (QED) is 0.765. The molecular weight excluding hydrogens is 242 g/mol. The second-order valence-electron chi connectivity index (χ2n) is 5.17. The van der Waals surface area contributed by atoms with Crippen molar-refractivity contribution in [1.29, 1.82) is 0 Å². The number of nitrogens with two attached hydrogens (primary N) is 1. The molecule has 1 aromatic heterocycles. The topological polar surface area (TPSA) is 81.1 Å². The Balaban J connectivity index is 1.92. The number of aromatic nitrogens is 2. The average molecular weight is 259 g/mol. The number of hydrogen-bond acceptors (Lipinski definition) is 4. The second-order valence-corrected chi connectivity index (χ2v) is 5.17. The van der Waals surface area contributed by atoms with Gasteiger partial charge in [0.15, 0.2) is 0 Å². The lowest BCUT2D eigenvalue weighted by atomic mass is 9.87. The smallest absolute Gasteiger partial charge is 0.235 e. The summed E-state index contributed by atoms with van der Waals surface area (Å²) in [6.45, 7) is 0. The second kappa shape index (κ2) is 4.66. The van der Waals surface area contributed by atoms with E-state index in [1.807, 2.05) is 12.1 Å². The fourth-order valence-electron chi connectivity index (χ4n) is 2.76. The number of fused-ring (bicyclic) bond motifs is 1. The van der Waals surface area contributed by atoms with Gasteiger partial charge in [0.05, 0.1) is 17.3 Å². The molecule has 2 aromatic rings. The maximum absolute atomic E-state index is 12.5. The molecule has 1 aliphatic rings. The highest BCUT2D eigenvalue weighted by atomic mass is 16.3. The van der Waals surface area contributed by atoms with Crippen molar-refractivity contribution in [2.75, 3.05) is 5.73 Å². The van der Waals surface area contributed by atoms with Crippen LogP contribution in [0.3, 0.4) is 0 Å². The molecule has 100 valence electrons. The normalized spacial score (nSPS) is 23.6. The van der Waals surface area contributed by atoms with Gasteiger partial charge in [-0.2, -0.15) is 0 Å². The molecule has 0 atom stereocenters. The maximum atomic E-state index is 12.5. The highest BCUT2D eigenvalue weighted by molar-refractivity contribution is 5.95. The number of nitrogen functional groups attached to an aromatic ring is 1. The molecule has 0 spiro atoms. The largest absolute Gasteiger partial charge is 0.397 e. The Labute approximate surface area is 111 Å². The first-order chi connectivity index (χ1) is 9.16. The van der Waals surface area contributed by atoms with Crippen LogP contribution in [-0.2, 0) is 0 Å². The summed E-state index contributed by atoms with van der Waals surface area (Å²) in [6.07, 6.45) is 4.17. The molecular formula is C14H17N3O2. The molecule has 5 heteroatoms. The molecule has 0 amide bonds. The third-order valence-corrected chi connectivity index (χ3v) is 3.89. The molecule has 19 heavy (non-hydrogen) atoms. The summed E-state index contributed by atoms with van der Waals surface area (Å²) in [6, 6.07) is 5.46. The summed E-state index contributed by atoms with van der Waals surface area (Å²) >= 11 is 0. The molecule has 1 aromatic carbocycles. The summed E-state index contributed by atoms with van der Waals surface area (Å²) in [5.41, 5.74) is 7.87. The zero-order valence-electron chi connectivity index (χ0n) is 10.6. The number of rotatable bonds is 1. The number of anilines is 1. The molecule has 0 saturated heterocycles. The first-order valence-corrected chi connectivity index (χ1v) is 6.60. The van der Waals surface area contributed by atoms with Gasteiger partial charge in [0, 0.05) is 5.92 Å². The van der Waals surface area contributed by atoms with Crippen LogP contribution < -0.4 is 5.73 Å². The Morgan fingerprint density at radius 3 is 2.79 bits per heavy atom. The van der Waals surface area contributed by atoms with Crippen LogP contribution in [0, 0.1) is 5.92 Å². The van der Waals surface area contributed by atoms with Crippen LogP contribution in [0.2, 0.25) is 0 Å². The minimum atomic E-state index is -0.251. The van der Waals surface area contributed by atoms with E-state index in [9.17, 15) is 9.90 Å². The molecule has 0 radical (unpaired) electrons. The molecule has 1 aliphatic carbocycles. The minimum absolute atomic E-state index is 0.0257. The summed E-state index contributed by atoms with van der Waals surface area (Å²) in [5.74, 6) is 0.0298. The van der Waals surface area contributed by atoms with Crippen molar-refractivity contribution < 1.29 is 9.90 Å². The lowest BCUT2D eigenvalue weighted by Crippen LogP contribution is -2.27. The van der Waals surface area contributed by atoms with E-state index >= 15 is 0 Å². The van der Waals surface area contributed by atoms with E-state index in [0.29, 0.717) is 24.0 Å². The van der Waals surface area contributed by atoms with E-state index in [0.717, 1.165) is 18.4 Å². The van der Waals surface area contributed by atoms with Crippen molar-refractivity contribution in [2.45, 2.75) is 31.8 Å². The first kappa shape index (κ1) is 12.2. The Kier molecular flexibility index (Phi) is 2.98. The third kappa shape index (κ3) is 2.10. The van der Waals surface area contributed by atoms with E-state index in [1.54, 1.807) is 17.0 Å². The van der Waals surface area contributed by atoms with Crippen molar-refractivity contribution in [3.8, 4) is 0 Å². The molecule has 1 heterocycles. The molecule has 0 aliphatic heterocycles. The Bertz CT molecular complexity index is 612. The van der Waals surface area contributed by atoms with Crippen molar-refractivity contribution in [3.63, 3.8) is 0 Å². The zero-order chi connectivity index (χ0) is 13.4. The van der Waals surface area contributed by atoms with Crippen molar-refractivity contribution in [1.82, 2.24) is 9.55 Å². The predicted molar refractivity (Wildman–Crippen MR) is 72.7 cm³/mol. The number of para-hydroxylation sites is 1. The predicted octanol–water partition coefficient (Wildman–Crippen LogP) is 1.81. The van der Waals surface area contributed by atoms with Gasteiger partial charge in [0.1, 0.15) is 11.8 Å². The lowest BCUT2D eigenvalue weighted by Gasteiger charge is -2.24. The number of benzene rings is 1. The standard InChI is InChI=1S/C14H17N3O2/c15-11-2-1-3-12-13(11)16-8-17(12)14(19)9-4-6-10(18)7-5-9/h1-3,8-10,18H,4-7,15H2. The molecule has 5 nitrogen and oxygen atoms in total. The van der Waals surface area contributed by atoms with Crippen molar-refractivity contribution >= 4 is 22.6 Å². The fraction of sp³-hybridized carbons (Fsp3) is 0.429. The van der Waals surface area contributed by atoms with E-state index in [1.165, 1.54) is 0 Å². The van der Waals surface area contributed by atoms with Gasteiger partial charge < -0.3 is 10.8 Å². The highest BCUT2D eigenvalue weighted by Crippen LogP contribution is 2.27. The lowest BCUT2D eigenvalue weighted by molar-refractivity contribution is 0.0692. The van der Waals surface area contributed by atoms with Crippen LogP contribution in [0.15, 0.2) is 24.5 Å². The fourth-order valence-corrected chi connectivity index (χ4v) is 2.76. The highest BCUT2D eigenvalue weighted by Gasteiger charge is 2.27. The van der Waals surface area contributed by atoms with Crippen molar-refractivity contribution in [2.24, 2.45) is 5.92 Å². The van der Waals surface area contributed by atoms with Crippen LogP contribution in [0.4, 0.5) is 5.69 Å². The van der Waals surface area contributed by atoms with Gasteiger partial charge in [-0.05, 0) is 37.8 Å². The summed E-state index contributed by atoms with van der Waals surface area (Å²) in [7, 11) is 0. The summed E-state index contributed by atoms with van der Waals surface area (Å²) in [4.78, 5) is 16.7. The van der Waals surface area contributed by atoms with E-state index in [2.05, 4.69) is 4.98 Å². The average Bonchev–Trinajstić information content (AvgIpc) is 2.84. The number of hydrogen-bond donors (Lipinski definition) is 2. The van der Waals surface area contributed by atoms with Crippen LogP contribution in [-0.4, -0.2) is 26.7 Å². The Morgan fingerprint density at radius 2 is 2.05 bits per heavy atom. The number of carbonyl (C=O) groups is 1. The number of aliphatic hydroxyl groups excluding tert-OH is 1. The number of nitrogens with zero attached hydrogens (tertiary/aromatic N) is 2. The molecule has 0 bridgehead atoms. The van der Waals surface area contributed by atoms with Gasteiger partial charge in [-0.25, -0.2) is 4.98 Å². The zero-order valence-corrected chi connectivity index (χ0v) is 10.6. The Hall–Kier alpha value is -1.88. The third-order valence-electron chi connectivity index (χ3n) is 3.89. The summed E-state index contributed by atoms with van der Waals surface area (Å²) < 4.78 is 1.59. The number of imidazole rings is 1. The molecule has 1 fully saturated rings. The van der Waals surface area contributed by atoms with Gasteiger partial charge in [-0.1, -0.05) is 6.07 Å². The van der Waals surface area contributed by atoms with Crippen molar-refractivity contribution in [3.05, 3.63) is 24.5 Å². The first-order valence-electron chi connectivity index (χ1n) is 6.60. The van der Waals surface area contributed by atoms with Gasteiger partial charge in [-0.3, -0.25) is 9.36 Å². The molecule has 3 rings (SSSR count). The number of carbonyl (C=O) groups excluding carboxylic acids is 1. The van der Waals surface area contributed by atoms with E-state index in [-0.39, 0.29) is 17.9 Å². The van der Waals surface area contributed by atoms with E-state index < -0.39 is 0 Å². The van der Waals surface area contributed by atoms with Crippen LogP contribution in [0.5, 0.6) is 0 Å². The van der Waals surface area contributed by atoms with E-state index in [4.69, 9.17) is 5.73 Å². The molecule has 1 saturated carbocycles. The van der Waals surface area contributed by atoms with Gasteiger partial charge in [-0.15, -0.1) is 0 Å². The van der Waals surface area contributed by atoms with Gasteiger partial charge in [0.25, 0.3) is 0 Å². The molecule has 3 N–H and O–H groups in total. The summed E-state index contributed by atoms with van der Waals surface area (Å²) in [5, 5.41) is 9.50. The monoisotopic (exact) mass is 259 g/mol. The Morgan fingerprint density at radius 1 is 1.32 bits per heavy atom. The van der Waals surface area contributed by atoms with Crippen LogP contribution >= 0.6 is 0 Å².